The largest absolute Gasteiger partial charge is 0.493 e. The van der Waals surface area contributed by atoms with Crippen LogP contribution in [0.5, 0.6) is 5.75 Å². The molecule has 0 aliphatic carbocycles. The number of para-hydroxylation sites is 1. The first kappa shape index (κ1) is 21.9. The molecule has 152 valence electrons. The van der Waals surface area contributed by atoms with Crippen molar-refractivity contribution in [1.82, 2.24) is 5.32 Å². The third-order valence-corrected chi connectivity index (χ3v) is 4.31. The molecule has 0 heterocycles. The summed E-state index contributed by atoms with van der Waals surface area (Å²) in [7, 11) is 0. The summed E-state index contributed by atoms with van der Waals surface area (Å²) in [6, 6.07) is 14.1. The number of nitrogens with one attached hydrogen (secondary N) is 1. The molecule has 0 atom stereocenters. The van der Waals surface area contributed by atoms with Crippen LogP contribution in [0.25, 0.3) is 0 Å². The van der Waals surface area contributed by atoms with Crippen LogP contribution in [-0.2, 0) is 27.4 Å². The highest BCUT2D eigenvalue weighted by Gasteiger charge is 2.06. The van der Waals surface area contributed by atoms with Crippen LogP contribution in [0.3, 0.4) is 0 Å². The summed E-state index contributed by atoms with van der Waals surface area (Å²) in [5.41, 5.74) is 4.30. The van der Waals surface area contributed by atoms with Gasteiger partial charge in [0.25, 0.3) is 0 Å². The maximum Gasteiger partial charge on any atom is 0.223 e. The van der Waals surface area contributed by atoms with E-state index < -0.39 is 0 Å². The number of aryl methyl sites for hydroxylation is 2. The molecule has 0 fully saturated rings. The Morgan fingerprint density at radius 2 is 1.61 bits per heavy atom. The van der Waals surface area contributed by atoms with Crippen LogP contribution >= 0.6 is 0 Å². The summed E-state index contributed by atoms with van der Waals surface area (Å²) in [5.74, 6) is 0.844. The first-order chi connectivity index (χ1) is 13.6. The Morgan fingerprint density at radius 1 is 0.929 bits per heavy atom. The SMILES string of the molecule is CCOCCOCc1cccc(CNC(=O)CCOc2c(C)cccc2C)c1. The lowest BCUT2D eigenvalue weighted by Gasteiger charge is -2.12. The molecular weight excluding hydrogens is 354 g/mol. The fourth-order valence-corrected chi connectivity index (χ4v) is 2.84. The van der Waals surface area contributed by atoms with Crippen molar-refractivity contribution in [3.8, 4) is 5.75 Å². The topological polar surface area (TPSA) is 56.8 Å². The van der Waals surface area contributed by atoms with Crippen molar-refractivity contribution in [2.24, 2.45) is 0 Å². The lowest BCUT2D eigenvalue weighted by molar-refractivity contribution is -0.121. The number of carbonyl (C=O) groups excluding carboxylic acids is 1. The van der Waals surface area contributed by atoms with Gasteiger partial charge in [-0.2, -0.15) is 0 Å². The number of amides is 1. The van der Waals surface area contributed by atoms with Crippen LogP contribution in [0.1, 0.15) is 35.6 Å². The molecule has 5 heteroatoms. The zero-order valence-electron chi connectivity index (χ0n) is 17.1. The van der Waals surface area contributed by atoms with E-state index in [2.05, 4.69) is 5.32 Å². The molecule has 28 heavy (non-hydrogen) atoms. The van der Waals surface area contributed by atoms with E-state index in [0.717, 1.165) is 28.0 Å². The summed E-state index contributed by atoms with van der Waals surface area (Å²) in [6.45, 7) is 9.28. The van der Waals surface area contributed by atoms with Crippen molar-refractivity contribution in [2.75, 3.05) is 26.4 Å². The van der Waals surface area contributed by atoms with Crippen LogP contribution < -0.4 is 10.1 Å². The van der Waals surface area contributed by atoms with Gasteiger partial charge in [-0.05, 0) is 43.0 Å². The van der Waals surface area contributed by atoms with Crippen molar-refractivity contribution >= 4 is 5.91 Å². The van der Waals surface area contributed by atoms with E-state index in [0.29, 0.717) is 46.0 Å². The summed E-state index contributed by atoms with van der Waals surface area (Å²) < 4.78 is 16.6. The van der Waals surface area contributed by atoms with E-state index in [1.54, 1.807) is 0 Å². The second-order valence-corrected chi connectivity index (χ2v) is 6.67. The van der Waals surface area contributed by atoms with Gasteiger partial charge in [0, 0.05) is 13.2 Å². The van der Waals surface area contributed by atoms with Crippen molar-refractivity contribution < 1.29 is 19.0 Å². The van der Waals surface area contributed by atoms with Gasteiger partial charge < -0.3 is 19.5 Å². The highest BCUT2D eigenvalue weighted by atomic mass is 16.5. The maximum atomic E-state index is 12.1. The minimum atomic E-state index is -0.0235. The molecule has 0 bridgehead atoms. The molecule has 2 rings (SSSR count). The molecule has 0 aromatic heterocycles. The summed E-state index contributed by atoms with van der Waals surface area (Å²) >= 11 is 0. The minimum Gasteiger partial charge on any atom is -0.493 e. The number of hydrogen-bond acceptors (Lipinski definition) is 4. The van der Waals surface area contributed by atoms with E-state index in [1.807, 2.05) is 63.2 Å². The van der Waals surface area contributed by atoms with Crippen molar-refractivity contribution in [2.45, 2.75) is 40.3 Å². The maximum absolute atomic E-state index is 12.1. The molecule has 0 aliphatic rings. The number of benzene rings is 2. The van der Waals surface area contributed by atoms with Gasteiger partial charge in [-0.1, -0.05) is 42.5 Å². The lowest BCUT2D eigenvalue weighted by atomic mass is 10.1. The van der Waals surface area contributed by atoms with Gasteiger partial charge in [0.15, 0.2) is 0 Å². The smallest absolute Gasteiger partial charge is 0.223 e. The van der Waals surface area contributed by atoms with E-state index in [-0.39, 0.29) is 5.91 Å². The summed E-state index contributed by atoms with van der Waals surface area (Å²) in [4.78, 5) is 12.1. The van der Waals surface area contributed by atoms with Crippen LogP contribution in [0.15, 0.2) is 42.5 Å². The Bertz CT molecular complexity index is 725. The lowest BCUT2D eigenvalue weighted by Crippen LogP contribution is -2.24. The first-order valence-electron chi connectivity index (χ1n) is 9.79. The average molecular weight is 386 g/mol. The third kappa shape index (κ3) is 7.71. The quantitative estimate of drug-likeness (QED) is 0.562. The first-order valence-corrected chi connectivity index (χ1v) is 9.79. The number of hydrogen-bond donors (Lipinski definition) is 1. The van der Waals surface area contributed by atoms with E-state index >= 15 is 0 Å². The molecule has 5 nitrogen and oxygen atoms in total. The number of rotatable bonds is 12. The van der Waals surface area contributed by atoms with Gasteiger partial charge in [-0.3, -0.25) is 4.79 Å². The molecule has 2 aromatic rings. The second-order valence-electron chi connectivity index (χ2n) is 6.67. The van der Waals surface area contributed by atoms with Crippen LogP contribution in [0, 0.1) is 13.8 Å². The molecule has 0 spiro atoms. The van der Waals surface area contributed by atoms with Crippen molar-refractivity contribution in [3.63, 3.8) is 0 Å². The van der Waals surface area contributed by atoms with E-state index in [1.165, 1.54) is 0 Å². The Hall–Kier alpha value is -2.37. The fourth-order valence-electron chi connectivity index (χ4n) is 2.84. The Labute approximate surface area is 168 Å². The minimum absolute atomic E-state index is 0.0235. The van der Waals surface area contributed by atoms with Gasteiger partial charge in [-0.25, -0.2) is 0 Å². The van der Waals surface area contributed by atoms with Gasteiger partial charge in [0.2, 0.25) is 5.91 Å². The van der Waals surface area contributed by atoms with E-state index in [9.17, 15) is 4.79 Å². The van der Waals surface area contributed by atoms with Crippen LogP contribution in [0.4, 0.5) is 0 Å². The third-order valence-electron chi connectivity index (χ3n) is 4.31. The van der Waals surface area contributed by atoms with Crippen LogP contribution in [-0.4, -0.2) is 32.3 Å². The molecule has 0 saturated carbocycles. The van der Waals surface area contributed by atoms with Gasteiger partial charge in [-0.15, -0.1) is 0 Å². The second kappa shape index (κ2) is 12.2. The van der Waals surface area contributed by atoms with Crippen molar-refractivity contribution in [1.29, 1.82) is 0 Å². The predicted octanol–water partition coefficient (Wildman–Crippen LogP) is 3.94. The molecular formula is C23H31NO4. The average Bonchev–Trinajstić information content (AvgIpc) is 2.69. The van der Waals surface area contributed by atoms with Gasteiger partial charge >= 0.3 is 0 Å². The molecule has 0 aliphatic heterocycles. The van der Waals surface area contributed by atoms with E-state index in [4.69, 9.17) is 14.2 Å². The monoisotopic (exact) mass is 385 g/mol. The van der Waals surface area contributed by atoms with Crippen LogP contribution in [0.2, 0.25) is 0 Å². The van der Waals surface area contributed by atoms with Gasteiger partial charge in [0.1, 0.15) is 5.75 Å². The summed E-state index contributed by atoms with van der Waals surface area (Å²) in [6.07, 6.45) is 0.327. The standard InChI is InChI=1S/C23H31NO4/c1-4-26-13-14-27-17-21-10-6-9-20(15-21)16-24-22(25)11-12-28-23-18(2)7-5-8-19(23)3/h5-10,15H,4,11-14,16-17H2,1-3H3,(H,24,25). The molecule has 0 radical (unpaired) electrons. The number of carbonyl (C=O) groups is 1. The number of ether oxygens (including phenoxy) is 3. The van der Waals surface area contributed by atoms with Crippen molar-refractivity contribution in [3.05, 3.63) is 64.7 Å². The summed E-state index contributed by atoms with van der Waals surface area (Å²) in [5, 5.41) is 2.95. The zero-order valence-corrected chi connectivity index (χ0v) is 17.1. The Balaban J connectivity index is 1.70. The Morgan fingerprint density at radius 3 is 2.36 bits per heavy atom. The predicted molar refractivity (Wildman–Crippen MR) is 110 cm³/mol. The molecule has 0 saturated heterocycles. The molecule has 1 amide bonds. The molecule has 1 N–H and O–H groups in total. The zero-order chi connectivity index (χ0) is 20.2. The fraction of sp³-hybridized carbons (Fsp3) is 0.435. The Kier molecular flexibility index (Phi) is 9.52. The highest BCUT2D eigenvalue weighted by Crippen LogP contribution is 2.22. The van der Waals surface area contributed by atoms with Gasteiger partial charge in [0.05, 0.1) is 32.8 Å². The molecule has 0 unspecified atom stereocenters. The highest BCUT2D eigenvalue weighted by molar-refractivity contribution is 5.76. The normalized spacial score (nSPS) is 10.7. The molecule has 2 aromatic carbocycles.